The van der Waals surface area contributed by atoms with Gasteiger partial charge in [-0.1, -0.05) is 6.92 Å². The predicted octanol–water partition coefficient (Wildman–Crippen LogP) is 1.12. The molecule has 0 aliphatic carbocycles. The Morgan fingerprint density at radius 2 is 2.31 bits per heavy atom. The van der Waals surface area contributed by atoms with E-state index in [1.165, 1.54) is 0 Å². The highest BCUT2D eigenvalue weighted by Crippen LogP contribution is 2.25. The van der Waals surface area contributed by atoms with E-state index in [1.807, 2.05) is 6.07 Å². The molecule has 0 radical (unpaired) electrons. The van der Waals surface area contributed by atoms with E-state index in [-0.39, 0.29) is 5.91 Å². The molecule has 1 atom stereocenters. The number of benzene rings is 1. The van der Waals surface area contributed by atoms with Gasteiger partial charge in [0, 0.05) is 17.8 Å². The summed E-state index contributed by atoms with van der Waals surface area (Å²) in [7, 11) is 0. The van der Waals surface area contributed by atoms with Crippen molar-refractivity contribution in [1.82, 2.24) is 5.32 Å². The summed E-state index contributed by atoms with van der Waals surface area (Å²) in [6, 6.07) is 5.44. The summed E-state index contributed by atoms with van der Waals surface area (Å²) < 4.78 is 0. The van der Waals surface area contributed by atoms with E-state index in [2.05, 4.69) is 12.2 Å². The maximum absolute atomic E-state index is 11.4. The van der Waals surface area contributed by atoms with Crippen molar-refractivity contribution < 1.29 is 4.79 Å². The number of carbonyl (C=O) groups excluding carboxylic acids is 1. The molecule has 68 valence electrons. The number of hydrogen-bond acceptors (Lipinski definition) is 2. The molecular formula is C10H12N2O. The first kappa shape index (κ1) is 8.10. The standard InChI is InChI=1S/C10H12N2O/c1-6-5-12-10(13)8-3-2-7(11)4-9(6)8/h2-4,6H,5,11H2,1H3,(H,12,13). The first-order valence-corrected chi connectivity index (χ1v) is 4.36. The normalized spacial score (nSPS) is 20.7. The molecule has 1 aromatic rings. The first-order valence-electron chi connectivity index (χ1n) is 4.36. The molecule has 0 bridgehead atoms. The number of hydrogen-bond donors (Lipinski definition) is 2. The van der Waals surface area contributed by atoms with Crippen molar-refractivity contribution in [1.29, 1.82) is 0 Å². The molecule has 0 spiro atoms. The molecule has 3 N–H and O–H groups in total. The number of rotatable bonds is 0. The van der Waals surface area contributed by atoms with Crippen LogP contribution in [-0.2, 0) is 0 Å². The number of anilines is 1. The van der Waals surface area contributed by atoms with Crippen molar-refractivity contribution in [3.63, 3.8) is 0 Å². The molecule has 1 aliphatic heterocycles. The molecule has 13 heavy (non-hydrogen) atoms. The molecule has 1 unspecified atom stereocenters. The van der Waals surface area contributed by atoms with Gasteiger partial charge < -0.3 is 11.1 Å². The Bertz CT molecular complexity index is 360. The summed E-state index contributed by atoms with van der Waals surface area (Å²) in [6.07, 6.45) is 0. The minimum Gasteiger partial charge on any atom is -0.399 e. The number of amides is 1. The van der Waals surface area contributed by atoms with Crippen LogP contribution in [0.3, 0.4) is 0 Å². The summed E-state index contributed by atoms with van der Waals surface area (Å²) in [4.78, 5) is 11.4. The highest BCUT2D eigenvalue weighted by Gasteiger charge is 2.21. The number of nitrogens with two attached hydrogens (primary N) is 1. The van der Waals surface area contributed by atoms with E-state index in [9.17, 15) is 4.79 Å². The van der Waals surface area contributed by atoms with Gasteiger partial charge in [-0.15, -0.1) is 0 Å². The molecule has 1 aliphatic rings. The molecule has 3 heteroatoms. The van der Waals surface area contributed by atoms with E-state index in [1.54, 1.807) is 12.1 Å². The third-order valence-electron chi connectivity index (χ3n) is 2.42. The van der Waals surface area contributed by atoms with Crippen LogP contribution in [0, 0.1) is 0 Å². The topological polar surface area (TPSA) is 55.1 Å². The molecule has 1 heterocycles. The largest absolute Gasteiger partial charge is 0.399 e. The molecule has 1 aromatic carbocycles. The molecule has 0 fully saturated rings. The second-order valence-corrected chi connectivity index (χ2v) is 3.46. The lowest BCUT2D eigenvalue weighted by molar-refractivity contribution is 0.0941. The van der Waals surface area contributed by atoms with Gasteiger partial charge in [-0.2, -0.15) is 0 Å². The molecular weight excluding hydrogens is 164 g/mol. The highest BCUT2D eigenvalue weighted by atomic mass is 16.1. The van der Waals surface area contributed by atoms with Crippen LogP contribution in [0.1, 0.15) is 28.8 Å². The van der Waals surface area contributed by atoms with Gasteiger partial charge in [0.25, 0.3) is 5.91 Å². The maximum atomic E-state index is 11.4. The third kappa shape index (κ3) is 1.26. The molecule has 0 saturated carbocycles. The quantitative estimate of drug-likeness (QED) is 0.582. The molecule has 0 aromatic heterocycles. The van der Waals surface area contributed by atoms with Gasteiger partial charge in [-0.3, -0.25) is 4.79 Å². The lowest BCUT2D eigenvalue weighted by Gasteiger charge is -2.22. The summed E-state index contributed by atoms with van der Waals surface area (Å²) >= 11 is 0. The van der Waals surface area contributed by atoms with E-state index in [0.29, 0.717) is 12.5 Å². The predicted molar refractivity (Wildman–Crippen MR) is 51.6 cm³/mol. The summed E-state index contributed by atoms with van der Waals surface area (Å²) in [5.41, 5.74) is 8.20. The average Bonchev–Trinajstić information content (AvgIpc) is 2.12. The van der Waals surface area contributed by atoms with Crippen molar-refractivity contribution in [2.24, 2.45) is 0 Å². The lowest BCUT2D eigenvalue weighted by atomic mass is 9.91. The fourth-order valence-corrected chi connectivity index (χ4v) is 1.65. The molecule has 3 nitrogen and oxygen atoms in total. The van der Waals surface area contributed by atoms with Crippen molar-refractivity contribution in [3.05, 3.63) is 29.3 Å². The van der Waals surface area contributed by atoms with Crippen LogP contribution in [0.4, 0.5) is 5.69 Å². The fourth-order valence-electron chi connectivity index (χ4n) is 1.65. The zero-order chi connectivity index (χ0) is 9.42. The van der Waals surface area contributed by atoms with E-state index < -0.39 is 0 Å². The van der Waals surface area contributed by atoms with Crippen LogP contribution in [-0.4, -0.2) is 12.5 Å². The molecule has 1 amide bonds. The Morgan fingerprint density at radius 3 is 3.08 bits per heavy atom. The Hall–Kier alpha value is -1.51. The van der Waals surface area contributed by atoms with Crippen molar-refractivity contribution in [3.8, 4) is 0 Å². The number of carbonyl (C=O) groups is 1. The second kappa shape index (κ2) is 2.76. The third-order valence-corrected chi connectivity index (χ3v) is 2.42. The maximum Gasteiger partial charge on any atom is 0.251 e. The summed E-state index contributed by atoms with van der Waals surface area (Å²) in [6.45, 7) is 2.78. The van der Waals surface area contributed by atoms with E-state index >= 15 is 0 Å². The molecule has 0 saturated heterocycles. The van der Waals surface area contributed by atoms with Crippen molar-refractivity contribution >= 4 is 11.6 Å². The van der Waals surface area contributed by atoms with Crippen LogP contribution >= 0.6 is 0 Å². The first-order chi connectivity index (χ1) is 6.18. The van der Waals surface area contributed by atoms with E-state index in [0.717, 1.165) is 16.8 Å². The van der Waals surface area contributed by atoms with Gasteiger partial charge >= 0.3 is 0 Å². The summed E-state index contributed by atoms with van der Waals surface area (Å²) in [5, 5.41) is 2.83. The van der Waals surface area contributed by atoms with Crippen molar-refractivity contribution in [2.45, 2.75) is 12.8 Å². The Kier molecular flexibility index (Phi) is 1.72. The van der Waals surface area contributed by atoms with Crippen LogP contribution in [0.25, 0.3) is 0 Å². The zero-order valence-corrected chi connectivity index (χ0v) is 7.50. The van der Waals surface area contributed by atoms with Crippen LogP contribution in [0.15, 0.2) is 18.2 Å². The van der Waals surface area contributed by atoms with Crippen LogP contribution in [0.5, 0.6) is 0 Å². The van der Waals surface area contributed by atoms with Crippen molar-refractivity contribution in [2.75, 3.05) is 12.3 Å². The van der Waals surface area contributed by atoms with Gasteiger partial charge in [-0.25, -0.2) is 0 Å². The van der Waals surface area contributed by atoms with Gasteiger partial charge in [0.15, 0.2) is 0 Å². The Morgan fingerprint density at radius 1 is 1.54 bits per heavy atom. The number of nitrogens with one attached hydrogen (secondary N) is 1. The monoisotopic (exact) mass is 176 g/mol. The lowest BCUT2D eigenvalue weighted by Crippen LogP contribution is -2.33. The minimum atomic E-state index is 0.00750. The van der Waals surface area contributed by atoms with Gasteiger partial charge in [0.1, 0.15) is 0 Å². The Balaban J connectivity index is 2.57. The minimum absolute atomic E-state index is 0.00750. The van der Waals surface area contributed by atoms with Gasteiger partial charge in [0.05, 0.1) is 0 Å². The second-order valence-electron chi connectivity index (χ2n) is 3.46. The zero-order valence-electron chi connectivity index (χ0n) is 7.50. The average molecular weight is 176 g/mol. The Labute approximate surface area is 76.9 Å². The fraction of sp³-hybridized carbons (Fsp3) is 0.300. The molecule has 2 rings (SSSR count). The number of fused-ring (bicyclic) bond motifs is 1. The van der Waals surface area contributed by atoms with Crippen LogP contribution < -0.4 is 11.1 Å². The van der Waals surface area contributed by atoms with Crippen LogP contribution in [0.2, 0.25) is 0 Å². The highest BCUT2D eigenvalue weighted by molar-refractivity contribution is 5.97. The SMILES string of the molecule is CC1CNC(=O)c2ccc(N)cc21. The van der Waals surface area contributed by atoms with Gasteiger partial charge in [-0.05, 0) is 29.7 Å². The smallest absolute Gasteiger partial charge is 0.251 e. The van der Waals surface area contributed by atoms with E-state index in [4.69, 9.17) is 5.73 Å². The summed E-state index contributed by atoms with van der Waals surface area (Å²) in [5.74, 6) is 0.365. The van der Waals surface area contributed by atoms with Gasteiger partial charge in [0.2, 0.25) is 0 Å². The number of nitrogen functional groups attached to an aromatic ring is 1.